The fourth-order valence-corrected chi connectivity index (χ4v) is 2.95. The van der Waals surface area contributed by atoms with Gasteiger partial charge in [-0.05, 0) is 23.8 Å². The molecule has 0 saturated carbocycles. The molecule has 7 nitrogen and oxygen atoms in total. The van der Waals surface area contributed by atoms with Crippen LogP contribution in [0, 0.1) is 11.6 Å². The highest BCUT2D eigenvalue weighted by atomic mass is 19.4. The Morgan fingerprint density at radius 3 is 2.47 bits per heavy atom. The lowest BCUT2D eigenvalue weighted by molar-refractivity contribution is -0.192. The number of carboxylic acids is 1. The highest BCUT2D eigenvalue weighted by molar-refractivity contribution is 5.76. The Bertz CT molecular complexity index is 900. The number of fused-ring (bicyclic) bond motifs is 1. The number of nitrogens with one attached hydrogen (secondary N) is 1. The van der Waals surface area contributed by atoms with Crippen molar-refractivity contribution in [3.8, 4) is 0 Å². The molecule has 0 aliphatic carbocycles. The molecule has 164 valence electrons. The van der Waals surface area contributed by atoms with Crippen LogP contribution >= 0.6 is 0 Å². The minimum atomic E-state index is -5.08. The molecule has 1 aromatic heterocycles. The predicted octanol–water partition coefficient (Wildman–Crippen LogP) is 2.49. The fourth-order valence-electron chi connectivity index (χ4n) is 2.95. The van der Waals surface area contributed by atoms with Crippen LogP contribution in [0.25, 0.3) is 0 Å². The summed E-state index contributed by atoms with van der Waals surface area (Å²) in [5, 5.41) is 14.0. The quantitative estimate of drug-likeness (QED) is 0.723. The Kier molecular flexibility index (Phi) is 7.48. The van der Waals surface area contributed by atoms with Gasteiger partial charge in [-0.25, -0.2) is 13.6 Å². The topological polar surface area (TPSA) is 87.5 Å². The Balaban J connectivity index is 0.000000396. The second-order valence-electron chi connectivity index (χ2n) is 6.52. The van der Waals surface area contributed by atoms with Crippen molar-refractivity contribution < 1.29 is 36.6 Å². The molecule has 30 heavy (non-hydrogen) atoms. The first kappa shape index (κ1) is 23.3. The van der Waals surface area contributed by atoms with Gasteiger partial charge in [-0.15, -0.1) is 0 Å². The van der Waals surface area contributed by atoms with E-state index in [1.165, 1.54) is 6.07 Å². The van der Waals surface area contributed by atoms with Gasteiger partial charge in [0, 0.05) is 32.9 Å². The van der Waals surface area contributed by atoms with E-state index in [0.717, 1.165) is 11.8 Å². The van der Waals surface area contributed by atoms with Crippen LogP contribution in [-0.2, 0) is 22.7 Å². The summed E-state index contributed by atoms with van der Waals surface area (Å²) in [4.78, 5) is 22.7. The van der Waals surface area contributed by atoms with Gasteiger partial charge in [-0.2, -0.15) is 18.3 Å². The van der Waals surface area contributed by atoms with E-state index in [1.807, 2.05) is 10.7 Å². The first-order chi connectivity index (χ1) is 14.0. The number of aromatic nitrogens is 2. The highest BCUT2D eigenvalue weighted by Crippen LogP contribution is 2.24. The third kappa shape index (κ3) is 6.24. The van der Waals surface area contributed by atoms with Gasteiger partial charge in [0.25, 0.3) is 0 Å². The number of carboxylic acid groups (broad SMARTS) is 1. The maximum absolute atomic E-state index is 13.4. The summed E-state index contributed by atoms with van der Waals surface area (Å²) < 4.78 is 60.0. The van der Waals surface area contributed by atoms with Gasteiger partial charge < -0.3 is 10.4 Å². The molecule has 1 atom stereocenters. The van der Waals surface area contributed by atoms with Gasteiger partial charge in [0.1, 0.15) is 0 Å². The van der Waals surface area contributed by atoms with Gasteiger partial charge in [0.15, 0.2) is 11.6 Å². The van der Waals surface area contributed by atoms with Crippen molar-refractivity contribution in [1.82, 2.24) is 20.0 Å². The molecule has 3 rings (SSSR count). The molecule has 2 heterocycles. The second-order valence-corrected chi connectivity index (χ2v) is 6.52. The number of carbonyl (C=O) groups excluding carboxylic acids is 1. The van der Waals surface area contributed by atoms with Crippen molar-refractivity contribution in [3.63, 3.8) is 0 Å². The fraction of sp³-hybridized carbons (Fsp3) is 0.389. The molecule has 2 aromatic rings. The molecule has 0 saturated heterocycles. The van der Waals surface area contributed by atoms with Crippen LogP contribution in [0.2, 0.25) is 0 Å². The van der Waals surface area contributed by atoms with Crippen molar-refractivity contribution >= 4 is 11.9 Å². The van der Waals surface area contributed by atoms with Crippen LogP contribution in [-0.4, -0.2) is 51.4 Å². The summed E-state index contributed by atoms with van der Waals surface area (Å²) in [7, 11) is 1.61. The van der Waals surface area contributed by atoms with Crippen molar-refractivity contribution in [2.45, 2.75) is 31.7 Å². The van der Waals surface area contributed by atoms with Crippen molar-refractivity contribution in [2.75, 3.05) is 13.6 Å². The van der Waals surface area contributed by atoms with E-state index >= 15 is 0 Å². The summed E-state index contributed by atoms with van der Waals surface area (Å²) in [6, 6.07) is 5.78. The van der Waals surface area contributed by atoms with Crippen LogP contribution in [0.5, 0.6) is 0 Å². The van der Waals surface area contributed by atoms with E-state index in [0.29, 0.717) is 31.6 Å². The summed E-state index contributed by atoms with van der Waals surface area (Å²) in [6.07, 6.45) is -3.04. The Morgan fingerprint density at radius 2 is 1.90 bits per heavy atom. The lowest BCUT2D eigenvalue weighted by Crippen LogP contribution is -2.39. The van der Waals surface area contributed by atoms with Crippen molar-refractivity contribution in [2.24, 2.45) is 0 Å². The van der Waals surface area contributed by atoms with Gasteiger partial charge in [-0.3, -0.25) is 14.4 Å². The number of carbonyl (C=O) groups is 2. The maximum atomic E-state index is 13.4. The lowest BCUT2D eigenvalue weighted by atomic mass is 10.1. The van der Waals surface area contributed by atoms with E-state index < -0.39 is 23.8 Å². The zero-order chi connectivity index (χ0) is 22.5. The number of hydrogen-bond donors (Lipinski definition) is 2. The van der Waals surface area contributed by atoms with Crippen molar-refractivity contribution in [3.05, 3.63) is 53.4 Å². The first-order valence-corrected chi connectivity index (χ1v) is 8.70. The zero-order valence-electron chi connectivity index (χ0n) is 15.8. The molecule has 0 bridgehead atoms. The van der Waals surface area contributed by atoms with Crippen LogP contribution in [0.15, 0.2) is 30.5 Å². The number of halogens is 5. The SMILES string of the molecule is CNC(=O)CC1CN(Cc2ccc(F)c(F)c2)Cc2ccnn21.O=C(O)C(F)(F)F. The van der Waals surface area contributed by atoms with Crippen LogP contribution in [0.4, 0.5) is 22.0 Å². The Morgan fingerprint density at radius 1 is 1.23 bits per heavy atom. The summed E-state index contributed by atoms with van der Waals surface area (Å²) in [6.45, 7) is 1.77. The van der Waals surface area contributed by atoms with Crippen molar-refractivity contribution in [1.29, 1.82) is 0 Å². The zero-order valence-corrected chi connectivity index (χ0v) is 15.8. The van der Waals surface area contributed by atoms with Gasteiger partial charge in [0.2, 0.25) is 5.91 Å². The monoisotopic (exact) mass is 434 g/mol. The maximum Gasteiger partial charge on any atom is 0.490 e. The van der Waals surface area contributed by atoms with E-state index in [9.17, 15) is 26.7 Å². The third-order valence-corrected chi connectivity index (χ3v) is 4.29. The smallest absolute Gasteiger partial charge is 0.475 e. The van der Waals surface area contributed by atoms with Crippen LogP contribution in [0.1, 0.15) is 23.7 Å². The molecule has 1 amide bonds. The number of alkyl halides is 3. The van der Waals surface area contributed by atoms with E-state index in [1.54, 1.807) is 19.3 Å². The summed E-state index contributed by atoms with van der Waals surface area (Å²) >= 11 is 0. The molecule has 0 radical (unpaired) electrons. The predicted molar refractivity (Wildman–Crippen MR) is 94.1 cm³/mol. The molecule has 2 N–H and O–H groups in total. The van der Waals surface area contributed by atoms with E-state index in [2.05, 4.69) is 15.3 Å². The first-order valence-electron chi connectivity index (χ1n) is 8.70. The third-order valence-electron chi connectivity index (χ3n) is 4.29. The summed E-state index contributed by atoms with van der Waals surface area (Å²) in [5.74, 6) is -4.49. The Hall–Kier alpha value is -3.02. The Labute approximate surface area is 168 Å². The number of benzene rings is 1. The molecule has 12 heteroatoms. The number of aliphatic carboxylic acids is 1. The van der Waals surface area contributed by atoms with Crippen LogP contribution < -0.4 is 5.32 Å². The van der Waals surface area contributed by atoms with E-state index in [-0.39, 0.29) is 11.9 Å². The number of amides is 1. The minimum absolute atomic E-state index is 0.0499. The highest BCUT2D eigenvalue weighted by Gasteiger charge is 2.38. The second kappa shape index (κ2) is 9.65. The molecule has 0 fully saturated rings. The average molecular weight is 434 g/mol. The van der Waals surface area contributed by atoms with Gasteiger partial charge >= 0.3 is 12.1 Å². The molecule has 1 aliphatic heterocycles. The molecule has 1 aromatic carbocycles. The molecular formula is C18H19F5N4O3. The standard InChI is InChI=1S/C16H18F2N4O.C2HF3O2/c1-19-16(23)7-13-10-21(9-12-4-5-20-22(12)13)8-11-2-3-14(17)15(18)6-11;3-2(4,5)1(6)7/h2-6,13H,7-10H2,1H3,(H,19,23);(H,6,7). The largest absolute Gasteiger partial charge is 0.490 e. The molecular weight excluding hydrogens is 415 g/mol. The lowest BCUT2D eigenvalue weighted by Gasteiger charge is -2.33. The van der Waals surface area contributed by atoms with Gasteiger partial charge in [0.05, 0.1) is 18.2 Å². The molecule has 1 aliphatic rings. The molecule has 0 spiro atoms. The normalized spacial score (nSPS) is 16.3. The minimum Gasteiger partial charge on any atom is -0.475 e. The number of rotatable bonds is 4. The number of nitrogens with zero attached hydrogens (tertiary/aromatic N) is 3. The summed E-state index contributed by atoms with van der Waals surface area (Å²) in [5.41, 5.74) is 1.71. The number of hydrogen-bond acceptors (Lipinski definition) is 4. The van der Waals surface area contributed by atoms with Crippen LogP contribution in [0.3, 0.4) is 0 Å². The van der Waals surface area contributed by atoms with Gasteiger partial charge in [-0.1, -0.05) is 6.07 Å². The average Bonchev–Trinajstić information content (AvgIpc) is 3.13. The molecule has 1 unspecified atom stereocenters. The van der Waals surface area contributed by atoms with E-state index in [4.69, 9.17) is 9.90 Å².